The first kappa shape index (κ1) is 7.56. The molecule has 0 aromatic rings. The van der Waals surface area contributed by atoms with E-state index >= 15 is 0 Å². The third-order valence-corrected chi connectivity index (χ3v) is 3.44. The Bertz CT molecular complexity index is 146. The Labute approximate surface area is 68.7 Å². The van der Waals surface area contributed by atoms with E-state index in [1.165, 1.54) is 32.5 Å². The summed E-state index contributed by atoms with van der Waals surface area (Å²) in [6.07, 6.45) is 2.65. The number of fused-ring (bicyclic) bond motifs is 1. The van der Waals surface area contributed by atoms with E-state index in [2.05, 4.69) is 11.8 Å². The molecule has 1 heterocycles. The third-order valence-electron chi connectivity index (χ3n) is 3.44. The SMILES string of the molecule is CCN1C[C@H]2CC[C@H](N)[C@H]2C1. The predicted molar refractivity (Wildman–Crippen MR) is 46.3 cm³/mol. The molecule has 0 unspecified atom stereocenters. The second-order valence-electron chi connectivity index (χ2n) is 4.02. The van der Waals surface area contributed by atoms with E-state index in [0.29, 0.717) is 6.04 Å². The van der Waals surface area contributed by atoms with E-state index < -0.39 is 0 Å². The Morgan fingerprint density at radius 2 is 2.18 bits per heavy atom. The summed E-state index contributed by atoms with van der Waals surface area (Å²) in [7, 11) is 0. The molecular weight excluding hydrogens is 136 g/mol. The van der Waals surface area contributed by atoms with Crippen molar-refractivity contribution in [1.29, 1.82) is 0 Å². The summed E-state index contributed by atoms with van der Waals surface area (Å²) in [5, 5.41) is 0. The van der Waals surface area contributed by atoms with Crippen LogP contribution in [0.25, 0.3) is 0 Å². The van der Waals surface area contributed by atoms with Crippen LogP contribution < -0.4 is 5.73 Å². The van der Waals surface area contributed by atoms with Crippen LogP contribution >= 0.6 is 0 Å². The molecule has 1 aliphatic heterocycles. The van der Waals surface area contributed by atoms with Crippen molar-refractivity contribution in [2.45, 2.75) is 25.8 Å². The van der Waals surface area contributed by atoms with Crippen molar-refractivity contribution in [1.82, 2.24) is 4.90 Å². The van der Waals surface area contributed by atoms with Crippen LogP contribution in [0.5, 0.6) is 0 Å². The maximum absolute atomic E-state index is 6.01. The molecule has 1 saturated heterocycles. The van der Waals surface area contributed by atoms with E-state index in [0.717, 1.165) is 11.8 Å². The molecule has 0 aromatic carbocycles. The van der Waals surface area contributed by atoms with E-state index in [1.54, 1.807) is 0 Å². The molecule has 2 nitrogen and oxygen atoms in total. The predicted octanol–water partition coefficient (Wildman–Crippen LogP) is 0.675. The number of likely N-dealkylation sites (tertiary alicyclic amines) is 1. The van der Waals surface area contributed by atoms with Gasteiger partial charge in [-0.3, -0.25) is 0 Å². The van der Waals surface area contributed by atoms with Gasteiger partial charge in [0, 0.05) is 19.1 Å². The Morgan fingerprint density at radius 3 is 2.82 bits per heavy atom. The fraction of sp³-hybridized carbons (Fsp3) is 1.00. The quantitative estimate of drug-likeness (QED) is 0.601. The van der Waals surface area contributed by atoms with Crippen LogP contribution in [0.1, 0.15) is 19.8 Å². The third kappa shape index (κ3) is 1.18. The molecule has 2 heteroatoms. The van der Waals surface area contributed by atoms with Gasteiger partial charge in [0.2, 0.25) is 0 Å². The topological polar surface area (TPSA) is 29.3 Å². The lowest BCUT2D eigenvalue weighted by Gasteiger charge is -2.15. The number of nitrogens with two attached hydrogens (primary N) is 1. The molecule has 0 radical (unpaired) electrons. The minimum absolute atomic E-state index is 0.511. The van der Waals surface area contributed by atoms with Crippen molar-refractivity contribution < 1.29 is 0 Å². The van der Waals surface area contributed by atoms with E-state index in [1.807, 2.05) is 0 Å². The lowest BCUT2D eigenvalue weighted by atomic mass is 9.98. The zero-order chi connectivity index (χ0) is 7.84. The number of hydrogen-bond acceptors (Lipinski definition) is 2. The number of nitrogens with zero attached hydrogens (tertiary/aromatic N) is 1. The fourth-order valence-corrected chi connectivity index (χ4v) is 2.66. The Morgan fingerprint density at radius 1 is 1.36 bits per heavy atom. The van der Waals surface area contributed by atoms with Gasteiger partial charge < -0.3 is 10.6 Å². The van der Waals surface area contributed by atoms with Crippen molar-refractivity contribution in [3.63, 3.8) is 0 Å². The first-order valence-corrected chi connectivity index (χ1v) is 4.79. The van der Waals surface area contributed by atoms with Crippen LogP contribution in [-0.2, 0) is 0 Å². The normalized spacial score (nSPS) is 44.7. The average molecular weight is 154 g/mol. The lowest BCUT2D eigenvalue weighted by molar-refractivity contribution is 0.322. The first-order valence-electron chi connectivity index (χ1n) is 4.79. The van der Waals surface area contributed by atoms with Gasteiger partial charge in [-0.25, -0.2) is 0 Å². The minimum atomic E-state index is 0.511. The standard InChI is InChI=1S/C9H18N2/c1-2-11-5-7-3-4-9(10)8(7)6-11/h7-9H,2-6,10H2,1H3/t7-,8+,9+/m1/s1. The number of hydrogen-bond donors (Lipinski definition) is 1. The summed E-state index contributed by atoms with van der Waals surface area (Å²) in [5.41, 5.74) is 6.01. The highest BCUT2D eigenvalue weighted by Crippen LogP contribution is 2.36. The van der Waals surface area contributed by atoms with E-state index in [-0.39, 0.29) is 0 Å². The largest absolute Gasteiger partial charge is 0.327 e. The summed E-state index contributed by atoms with van der Waals surface area (Å²) in [4.78, 5) is 2.54. The van der Waals surface area contributed by atoms with Crippen LogP contribution in [0.15, 0.2) is 0 Å². The Hall–Kier alpha value is -0.0800. The maximum atomic E-state index is 6.01. The van der Waals surface area contributed by atoms with Gasteiger partial charge in [0.15, 0.2) is 0 Å². The summed E-state index contributed by atoms with van der Waals surface area (Å²) in [5.74, 6) is 1.76. The van der Waals surface area contributed by atoms with Gasteiger partial charge in [-0.05, 0) is 31.2 Å². The van der Waals surface area contributed by atoms with Crippen LogP contribution in [0, 0.1) is 11.8 Å². The summed E-state index contributed by atoms with van der Waals surface area (Å²) in [6.45, 7) is 6.03. The Balaban J connectivity index is 1.98. The molecule has 0 bridgehead atoms. The monoisotopic (exact) mass is 154 g/mol. The zero-order valence-corrected chi connectivity index (χ0v) is 7.29. The molecule has 2 N–H and O–H groups in total. The second-order valence-corrected chi connectivity index (χ2v) is 4.02. The van der Waals surface area contributed by atoms with Crippen LogP contribution in [0.3, 0.4) is 0 Å². The van der Waals surface area contributed by atoms with Crippen molar-refractivity contribution in [2.75, 3.05) is 19.6 Å². The molecule has 11 heavy (non-hydrogen) atoms. The smallest absolute Gasteiger partial charge is 0.00826 e. The summed E-state index contributed by atoms with van der Waals surface area (Å²) >= 11 is 0. The van der Waals surface area contributed by atoms with Crippen LogP contribution in [0.4, 0.5) is 0 Å². The molecule has 3 atom stereocenters. The average Bonchev–Trinajstić information content (AvgIpc) is 2.53. The van der Waals surface area contributed by atoms with Gasteiger partial charge >= 0.3 is 0 Å². The van der Waals surface area contributed by atoms with Crippen LogP contribution in [0.2, 0.25) is 0 Å². The van der Waals surface area contributed by atoms with Crippen molar-refractivity contribution in [3.8, 4) is 0 Å². The first-order chi connectivity index (χ1) is 5.31. The van der Waals surface area contributed by atoms with Gasteiger partial charge in [0.1, 0.15) is 0 Å². The van der Waals surface area contributed by atoms with Gasteiger partial charge in [0.25, 0.3) is 0 Å². The molecule has 0 aromatic heterocycles. The molecule has 1 aliphatic carbocycles. The Kier molecular flexibility index (Phi) is 1.90. The molecule has 2 fully saturated rings. The highest BCUT2D eigenvalue weighted by molar-refractivity contribution is 4.95. The molecule has 0 spiro atoms. The van der Waals surface area contributed by atoms with Crippen molar-refractivity contribution >= 4 is 0 Å². The van der Waals surface area contributed by atoms with Gasteiger partial charge in [-0.1, -0.05) is 6.92 Å². The van der Waals surface area contributed by atoms with E-state index in [4.69, 9.17) is 5.73 Å². The molecule has 64 valence electrons. The van der Waals surface area contributed by atoms with Crippen LogP contribution in [-0.4, -0.2) is 30.6 Å². The summed E-state index contributed by atoms with van der Waals surface area (Å²) < 4.78 is 0. The molecular formula is C9H18N2. The summed E-state index contributed by atoms with van der Waals surface area (Å²) in [6, 6.07) is 0.511. The highest BCUT2D eigenvalue weighted by Gasteiger charge is 2.40. The molecule has 1 saturated carbocycles. The van der Waals surface area contributed by atoms with Gasteiger partial charge in [-0.2, -0.15) is 0 Å². The van der Waals surface area contributed by atoms with E-state index in [9.17, 15) is 0 Å². The van der Waals surface area contributed by atoms with Gasteiger partial charge in [0.05, 0.1) is 0 Å². The number of rotatable bonds is 1. The molecule has 2 rings (SSSR count). The lowest BCUT2D eigenvalue weighted by Crippen LogP contribution is -2.30. The minimum Gasteiger partial charge on any atom is -0.327 e. The molecule has 2 aliphatic rings. The molecule has 0 amide bonds. The van der Waals surface area contributed by atoms with Crippen molar-refractivity contribution in [2.24, 2.45) is 17.6 Å². The second kappa shape index (κ2) is 2.76. The fourth-order valence-electron chi connectivity index (χ4n) is 2.66. The van der Waals surface area contributed by atoms with Gasteiger partial charge in [-0.15, -0.1) is 0 Å². The zero-order valence-electron chi connectivity index (χ0n) is 7.29. The van der Waals surface area contributed by atoms with Crippen molar-refractivity contribution in [3.05, 3.63) is 0 Å². The highest BCUT2D eigenvalue weighted by atomic mass is 15.2. The maximum Gasteiger partial charge on any atom is 0.00826 e.